The minimum atomic E-state index is -3.96. The molecule has 1 saturated heterocycles. The van der Waals surface area contributed by atoms with E-state index in [1.165, 1.54) is 34.1 Å². The van der Waals surface area contributed by atoms with E-state index in [0.29, 0.717) is 23.8 Å². The van der Waals surface area contributed by atoms with E-state index in [1.54, 1.807) is 17.0 Å². The Morgan fingerprint density at radius 2 is 1.50 bits per heavy atom. The third-order valence-corrected chi connectivity index (χ3v) is 8.06. The van der Waals surface area contributed by atoms with Gasteiger partial charge in [-0.3, -0.25) is 14.0 Å². The fourth-order valence-corrected chi connectivity index (χ4v) is 5.70. The Morgan fingerprint density at radius 3 is 2.15 bits per heavy atom. The number of piperazine rings is 1. The lowest BCUT2D eigenvalue weighted by molar-refractivity contribution is -0.131. The Bertz CT molecular complexity index is 1230. The smallest absolute Gasteiger partial charge is 0.264 e. The van der Waals surface area contributed by atoms with Crippen molar-refractivity contribution in [1.29, 1.82) is 0 Å². The van der Waals surface area contributed by atoms with Crippen molar-refractivity contribution in [2.45, 2.75) is 18.4 Å². The van der Waals surface area contributed by atoms with Crippen molar-refractivity contribution in [3.8, 4) is 0 Å². The summed E-state index contributed by atoms with van der Waals surface area (Å²) in [5, 5.41) is 0.450. The molecule has 1 heterocycles. The van der Waals surface area contributed by atoms with E-state index in [4.69, 9.17) is 11.6 Å². The van der Waals surface area contributed by atoms with Crippen LogP contribution < -0.4 is 4.31 Å². The van der Waals surface area contributed by atoms with Crippen molar-refractivity contribution in [1.82, 2.24) is 9.80 Å². The summed E-state index contributed by atoms with van der Waals surface area (Å²) in [5.41, 5.74) is 2.51. The number of amides is 1. The monoisotopic (exact) mass is 497 g/mol. The quantitative estimate of drug-likeness (QED) is 0.491. The first-order valence-electron chi connectivity index (χ1n) is 11.2. The summed E-state index contributed by atoms with van der Waals surface area (Å²) in [7, 11) is -3.96. The lowest BCUT2D eigenvalue weighted by atomic mass is 10.2. The molecule has 0 bridgehead atoms. The fourth-order valence-electron chi connectivity index (χ4n) is 4.10. The van der Waals surface area contributed by atoms with Crippen molar-refractivity contribution in [3.63, 3.8) is 0 Å². The first kappa shape index (κ1) is 24.3. The van der Waals surface area contributed by atoms with E-state index in [0.717, 1.165) is 25.2 Å². The van der Waals surface area contributed by atoms with Gasteiger partial charge in [0.2, 0.25) is 5.91 Å². The van der Waals surface area contributed by atoms with Gasteiger partial charge in [-0.15, -0.1) is 0 Å². The zero-order valence-corrected chi connectivity index (χ0v) is 20.7. The van der Waals surface area contributed by atoms with Crippen LogP contribution in [0.2, 0.25) is 5.02 Å². The van der Waals surface area contributed by atoms with E-state index < -0.39 is 10.0 Å². The number of halogens is 1. The molecule has 4 rings (SSSR count). The zero-order valence-electron chi connectivity index (χ0n) is 19.1. The van der Waals surface area contributed by atoms with Gasteiger partial charge in [0.15, 0.2) is 0 Å². The number of carbonyl (C=O) groups excluding carboxylic acids is 1. The van der Waals surface area contributed by atoms with Gasteiger partial charge in [0.05, 0.1) is 10.6 Å². The van der Waals surface area contributed by atoms with E-state index in [2.05, 4.69) is 17.0 Å². The molecule has 1 aliphatic rings. The van der Waals surface area contributed by atoms with Gasteiger partial charge in [-0.25, -0.2) is 8.42 Å². The molecule has 0 N–H and O–H groups in total. The van der Waals surface area contributed by atoms with Crippen LogP contribution in [-0.4, -0.2) is 56.8 Å². The zero-order chi connectivity index (χ0) is 24.1. The number of anilines is 1. The Labute approximate surface area is 206 Å². The van der Waals surface area contributed by atoms with Gasteiger partial charge in [0, 0.05) is 37.7 Å². The molecule has 0 saturated carbocycles. The molecular weight excluding hydrogens is 470 g/mol. The van der Waals surface area contributed by atoms with Crippen LogP contribution in [0, 0.1) is 6.92 Å². The van der Waals surface area contributed by atoms with E-state index >= 15 is 0 Å². The van der Waals surface area contributed by atoms with Crippen LogP contribution >= 0.6 is 11.6 Å². The van der Waals surface area contributed by atoms with Gasteiger partial charge < -0.3 is 4.90 Å². The predicted octanol–water partition coefficient (Wildman–Crippen LogP) is 4.19. The van der Waals surface area contributed by atoms with E-state index in [-0.39, 0.29) is 17.3 Å². The molecule has 0 radical (unpaired) electrons. The van der Waals surface area contributed by atoms with E-state index in [1.807, 2.05) is 37.3 Å². The number of aryl methyl sites for hydroxylation is 1. The summed E-state index contributed by atoms with van der Waals surface area (Å²) in [5.74, 6) is -0.208. The van der Waals surface area contributed by atoms with Crippen LogP contribution in [-0.2, 0) is 21.4 Å². The maximum atomic E-state index is 13.6. The molecular formula is C26H28ClN3O3S. The number of hydrogen-bond acceptors (Lipinski definition) is 4. The van der Waals surface area contributed by atoms with Gasteiger partial charge in [0.25, 0.3) is 10.0 Å². The summed E-state index contributed by atoms with van der Waals surface area (Å²) in [4.78, 5) is 17.4. The third kappa shape index (κ3) is 5.60. The summed E-state index contributed by atoms with van der Waals surface area (Å²) < 4.78 is 28.4. The highest BCUT2D eigenvalue weighted by atomic mass is 35.5. The van der Waals surface area contributed by atoms with Crippen molar-refractivity contribution in [2.75, 3.05) is 37.0 Å². The van der Waals surface area contributed by atoms with Crippen LogP contribution in [0.4, 0.5) is 5.69 Å². The van der Waals surface area contributed by atoms with Crippen molar-refractivity contribution in [3.05, 3.63) is 95.0 Å². The molecule has 0 atom stereocenters. The van der Waals surface area contributed by atoms with Crippen LogP contribution in [0.5, 0.6) is 0 Å². The second-order valence-corrected chi connectivity index (χ2v) is 10.7. The third-order valence-electron chi connectivity index (χ3n) is 6.04. The summed E-state index contributed by atoms with van der Waals surface area (Å²) in [6, 6.07) is 23.4. The summed E-state index contributed by atoms with van der Waals surface area (Å²) >= 11 is 5.96. The Hall–Kier alpha value is -2.87. The first-order chi connectivity index (χ1) is 16.3. The molecule has 34 heavy (non-hydrogen) atoms. The Balaban J connectivity index is 1.50. The number of para-hydroxylation sites is 1. The summed E-state index contributed by atoms with van der Waals surface area (Å²) in [6.07, 6.45) is 0. The van der Waals surface area contributed by atoms with Crippen LogP contribution in [0.1, 0.15) is 11.1 Å². The molecule has 1 aliphatic heterocycles. The maximum Gasteiger partial charge on any atom is 0.264 e. The van der Waals surface area contributed by atoms with Gasteiger partial charge in [-0.05, 0) is 48.4 Å². The summed E-state index contributed by atoms with van der Waals surface area (Å²) in [6.45, 7) is 5.04. The van der Waals surface area contributed by atoms with Crippen LogP contribution in [0.3, 0.4) is 0 Å². The molecule has 1 amide bonds. The number of rotatable bonds is 7. The topological polar surface area (TPSA) is 60.9 Å². The highest BCUT2D eigenvalue weighted by Crippen LogP contribution is 2.27. The average molecular weight is 498 g/mol. The largest absolute Gasteiger partial charge is 0.339 e. The standard InChI is InChI=1S/C26H28ClN3O3S/c1-21-7-5-6-10-25(21)30(34(32,33)24-13-11-23(27)12-14-24)20-26(31)29-17-15-28(16-18-29)19-22-8-3-2-4-9-22/h2-14H,15-20H2,1H3. The molecule has 178 valence electrons. The normalized spacial score (nSPS) is 14.7. The number of carbonyl (C=O) groups is 1. The number of nitrogens with zero attached hydrogens (tertiary/aromatic N) is 3. The molecule has 0 spiro atoms. The second kappa shape index (κ2) is 10.6. The minimum Gasteiger partial charge on any atom is -0.339 e. The van der Waals surface area contributed by atoms with Crippen molar-refractivity contribution >= 4 is 33.2 Å². The maximum absolute atomic E-state index is 13.6. The molecule has 6 nitrogen and oxygen atoms in total. The molecule has 1 fully saturated rings. The number of benzene rings is 3. The van der Waals surface area contributed by atoms with Gasteiger partial charge >= 0.3 is 0 Å². The van der Waals surface area contributed by atoms with Crippen molar-refractivity contribution < 1.29 is 13.2 Å². The average Bonchev–Trinajstić information content (AvgIpc) is 2.84. The highest BCUT2D eigenvalue weighted by Gasteiger charge is 2.31. The van der Waals surface area contributed by atoms with Crippen LogP contribution in [0.15, 0.2) is 83.8 Å². The molecule has 3 aromatic carbocycles. The Morgan fingerprint density at radius 1 is 0.882 bits per heavy atom. The molecule has 0 aliphatic carbocycles. The van der Waals surface area contributed by atoms with Crippen molar-refractivity contribution in [2.24, 2.45) is 0 Å². The molecule has 8 heteroatoms. The molecule has 0 aromatic heterocycles. The van der Waals surface area contributed by atoms with Gasteiger partial charge in [-0.1, -0.05) is 60.1 Å². The fraction of sp³-hybridized carbons (Fsp3) is 0.269. The number of sulfonamides is 1. The first-order valence-corrected chi connectivity index (χ1v) is 13.0. The van der Waals surface area contributed by atoms with Crippen LogP contribution in [0.25, 0.3) is 0 Å². The van der Waals surface area contributed by atoms with Gasteiger partial charge in [0.1, 0.15) is 6.54 Å². The number of hydrogen-bond donors (Lipinski definition) is 0. The van der Waals surface area contributed by atoms with Gasteiger partial charge in [-0.2, -0.15) is 0 Å². The SMILES string of the molecule is Cc1ccccc1N(CC(=O)N1CCN(Cc2ccccc2)CC1)S(=O)(=O)c1ccc(Cl)cc1. The van der Waals surface area contributed by atoms with E-state index in [9.17, 15) is 13.2 Å². The highest BCUT2D eigenvalue weighted by molar-refractivity contribution is 7.92. The minimum absolute atomic E-state index is 0.0978. The predicted molar refractivity (Wildman–Crippen MR) is 135 cm³/mol. The molecule has 3 aromatic rings. The molecule has 0 unspecified atom stereocenters. The second-order valence-electron chi connectivity index (χ2n) is 8.39. The Kier molecular flexibility index (Phi) is 7.56. The lowest BCUT2D eigenvalue weighted by Crippen LogP contribution is -2.51. The lowest BCUT2D eigenvalue weighted by Gasteiger charge is -2.36.